The fourth-order valence-corrected chi connectivity index (χ4v) is 1.56. The first-order chi connectivity index (χ1) is 9.02. The summed E-state index contributed by atoms with van der Waals surface area (Å²) in [4.78, 5) is 28.7. The van der Waals surface area contributed by atoms with Gasteiger partial charge in [0.2, 0.25) is 11.7 Å². The number of benzene rings is 1. The molecule has 0 aliphatic carbocycles. The second-order valence-electron chi connectivity index (χ2n) is 3.62. The Morgan fingerprint density at radius 1 is 1.47 bits per heavy atom. The summed E-state index contributed by atoms with van der Waals surface area (Å²) in [5, 5.41) is 9.70. The lowest BCUT2D eigenvalue weighted by atomic mass is 10.1. The van der Waals surface area contributed by atoms with Crippen LogP contribution in [0.2, 0.25) is 0 Å². The van der Waals surface area contributed by atoms with E-state index < -0.39 is 29.1 Å². The van der Waals surface area contributed by atoms with E-state index in [-0.39, 0.29) is 11.1 Å². The smallest absolute Gasteiger partial charge is 0.374 e. The summed E-state index contributed by atoms with van der Waals surface area (Å²) in [6.07, 6.45) is 0. The zero-order chi connectivity index (χ0) is 14.0. The van der Waals surface area contributed by atoms with Gasteiger partial charge in [0.1, 0.15) is 11.4 Å². The lowest BCUT2D eigenvalue weighted by Crippen LogP contribution is -2.18. The number of aromatic nitrogens is 2. The summed E-state index contributed by atoms with van der Waals surface area (Å²) < 4.78 is 17.5. The molecule has 0 amide bonds. The summed E-state index contributed by atoms with van der Waals surface area (Å²) in [7, 11) is 1.11. The van der Waals surface area contributed by atoms with E-state index in [1.54, 1.807) is 0 Å². The predicted octanol–water partition coefficient (Wildman–Crippen LogP) is 1.07. The number of ether oxygens (including phenoxy) is 1. The Labute approximate surface area is 106 Å². The third-order valence-electron chi connectivity index (χ3n) is 2.39. The number of hydrogen-bond donors (Lipinski definition) is 2. The molecule has 2 N–H and O–H groups in total. The van der Waals surface area contributed by atoms with E-state index in [1.165, 1.54) is 18.2 Å². The quantitative estimate of drug-likeness (QED) is 0.791. The molecule has 0 fully saturated rings. The number of nitrogens with zero attached hydrogens (tertiary/aromatic N) is 1. The van der Waals surface area contributed by atoms with Gasteiger partial charge in [-0.05, 0) is 17.7 Å². The molecule has 0 aliphatic rings. The van der Waals surface area contributed by atoms with E-state index in [2.05, 4.69) is 14.7 Å². The minimum absolute atomic E-state index is 0.155. The molecular weight excluding hydrogens is 255 g/mol. The molecule has 0 saturated heterocycles. The summed E-state index contributed by atoms with van der Waals surface area (Å²) in [5.74, 6) is -2.55. The van der Waals surface area contributed by atoms with E-state index in [0.29, 0.717) is 0 Å². The number of carbonyl (C=O) groups excluding carboxylic acids is 1. The van der Waals surface area contributed by atoms with Crippen molar-refractivity contribution in [1.29, 1.82) is 0 Å². The Morgan fingerprint density at radius 3 is 2.79 bits per heavy atom. The number of nitrogens with one attached hydrogen (secondary N) is 1. The van der Waals surface area contributed by atoms with Gasteiger partial charge >= 0.3 is 5.97 Å². The van der Waals surface area contributed by atoms with Crippen LogP contribution in [0.3, 0.4) is 0 Å². The van der Waals surface area contributed by atoms with Crippen molar-refractivity contribution in [3.05, 3.63) is 46.3 Å². The van der Waals surface area contributed by atoms with Crippen LogP contribution in [0.15, 0.2) is 29.1 Å². The van der Waals surface area contributed by atoms with Crippen molar-refractivity contribution in [2.24, 2.45) is 0 Å². The number of hydrogen-bond acceptors (Lipinski definition) is 5. The van der Waals surface area contributed by atoms with Crippen LogP contribution in [-0.4, -0.2) is 28.2 Å². The SMILES string of the molecule is COC(=O)c1nc(O)c(-c2cccc(F)c2)c(=O)[nH]1. The third kappa shape index (κ3) is 2.44. The molecule has 0 aliphatic heterocycles. The fourth-order valence-electron chi connectivity index (χ4n) is 1.56. The number of rotatable bonds is 2. The van der Waals surface area contributed by atoms with Crippen molar-refractivity contribution < 1.29 is 19.0 Å². The molecular formula is C12H9FN2O4. The second kappa shape index (κ2) is 4.89. The monoisotopic (exact) mass is 264 g/mol. The van der Waals surface area contributed by atoms with Crippen LogP contribution in [0.4, 0.5) is 4.39 Å². The van der Waals surface area contributed by atoms with Crippen molar-refractivity contribution in [1.82, 2.24) is 9.97 Å². The van der Waals surface area contributed by atoms with Crippen molar-refractivity contribution in [2.45, 2.75) is 0 Å². The van der Waals surface area contributed by atoms with E-state index in [4.69, 9.17) is 0 Å². The molecule has 19 heavy (non-hydrogen) atoms. The van der Waals surface area contributed by atoms with E-state index in [9.17, 15) is 19.1 Å². The lowest BCUT2D eigenvalue weighted by Gasteiger charge is -2.05. The summed E-state index contributed by atoms with van der Waals surface area (Å²) in [5.41, 5.74) is -0.826. The molecule has 0 spiro atoms. The first-order valence-electron chi connectivity index (χ1n) is 5.20. The van der Waals surface area contributed by atoms with Gasteiger partial charge in [0.25, 0.3) is 5.56 Å². The van der Waals surface area contributed by atoms with E-state index in [1.807, 2.05) is 0 Å². The number of methoxy groups -OCH3 is 1. The highest BCUT2D eigenvalue weighted by Crippen LogP contribution is 2.23. The van der Waals surface area contributed by atoms with Crippen LogP contribution in [0.25, 0.3) is 11.1 Å². The Kier molecular flexibility index (Phi) is 3.28. The maximum absolute atomic E-state index is 13.1. The molecule has 0 unspecified atom stereocenters. The number of carbonyl (C=O) groups is 1. The number of aromatic amines is 1. The molecule has 0 radical (unpaired) electrons. The highest BCUT2D eigenvalue weighted by atomic mass is 19.1. The zero-order valence-electron chi connectivity index (χ0n) is 9.81. The Balaban J connectivity index is 2.60. The molecule has 1 heterocycles. The van der Waals surface area contributed by atoms with Crippen LogP contribution < -0.4 is 5.56 Å². The molecule has 1 aromatic heterocycles. The minimum Gasteiger partial charge on any atom is -0.493 e. The maximum Gasteiger partial charge on any atom is 0.374 e. The van der Waals surface area contributed by atoms with Crippen molar-refractivity contribution in [3.63, 3.8) is 0 Å². The molecule has 0 bridgehead atoms. The Morgan fingerprint density at radius 2 is 2.21 bits per heavy atom. The minimum atomic E-state index is -0.891. The number of aromatic hydroxyl groups is 1. The second-order valence-corrected chi connectivity index (χ2v) is 3.62. The van der Waals surface area contributed by atoms with Gasteiger partial charge in [-0.25, -0.2) is 9.18 Å². The average molecular weight is 264 g/mol. The number of H-pyrrole nitrogens is 1. The standard InChI is InChI=1S/C12H9FN2O4/c1-19-12(18)9-14-10(16)8(11(17)15-9)6-3-2-4-7(13)5-6/h2-5H,1H3,(H2,14,15,16,17). The molecule has 2 rings (SSSR count). The largest absolute Gasteiger partial charge is 0.493 e. The van der Waals surface area contributed by atoms with Crippen molar-refractivity contribution in [2.75, 3.05) is 7.11 Å². The van der Waals surface area contributed by atoms with Gasteiger partial charge in [0.15, 0.2) is 0 Å². The van der Waals surface area contributed by atoms with E-state index >= 15 is 0 Å². The predicted molar refractivity (Wildman–Crippen MR) is 63.3 cm³/mol. The van der Waals surface area contributed by atoms with Crippen LogP contribution in [0.1, 0.15) is 10.6 Å². The van der Waals surface area contributed by atoms with Crippen molar-refractivity contribution >= 4 is 5.97 Å². The van der Waals surface area contributed by atoms with E-state index in [0.717, 1.165) is 13.2 Å². The first kappa shape index (κ1) is 12.7. The Hall–Kier alpha value is -2.70. The number of halogens is 1. The first-order valence-corrected chi connectivity index (χ1v) is 5.20. The van der Waals surface area contributed by atoms with Gasteiger partial charge < -0.3 is 14.8 Å². The molecule has 0 saturated carbocycles. The average Bonchev–Trinajstić information content (AvgIpc) is 2.37. The van der Waals surface area contributed by atoms with Gasteiger partial charge in [-0.15, -0.1) is 0 Å². The van der Waals surface area contributed by atoms with Crippen molar-refractivity contribution in [3.8, 4) is 17.0 Å². The van der Waals surface area contributed by atoms with Gasteiger partial charge in [0, 0.05) is 0 Å². The Bertz CT molecular complexity index is 696. The van der Waals surface area contributed by atoms with Gasteiger partial charge in [-0.3, -0.25) is 4.79 Å². The molecule has 0 atom stereocenters. The van der Waals surface area contributed by atoms with Crippen LogP contribution in [-0.2, 0) is 4.74 Å². The lowest BCUT2D eigenvalue weighted by molar-refractivity contribution is 0.0585. The summed E-state index contributed by atoms with van der Waals surface area (Å²) >= 11 is 0. The van der Waals surface area contributed by atoms with Gasteiger partial charge in [-0.2, -0.15) is 4.98 Å². The third-order valence-corrected chi connectivity index (χ3v) is 2.39. The molecule has 2 aromatic rings. The van der Waals surface area contributed by atoms with Crippen LogP contribution in [0.5, 0.6) is 5.88 Å². The molecule has 6 nitrogen and oxygen atoms in total. The number of esters is 1. The maximum atomic E-state index is 13.1. The normalized spacial score (nSPS) is 10.2. The molecule has 7 heteroatoms. The summed E-state index contributed by atoms with van der Waals surface area (Å²) in [6, 6.07) is 5.10. The van der Waals surface area contributed by atoms with Gasteiger partial charge in [0.05, 0.1) is 7.11 Å². The van der Waals surface area contributed by atoms with Crippen LogP contribution >= 0.6 is 0 Å². The van der Waals surface area contributed by atoms with Gasteiger partial charge in [-0.1, -0.05) is 12.1 Å². The molecule has 1 aromatic carbocycles. The zero-order valence-corrected chi connectivity index (χ0v) is 9.81. The highest BCUT2D eigenvalue weighted by molar-refractivity contribution is 5.85. The summed E-state index contributed by atoms with van der Waals surface area (Å²) in [6.45, 7) is 0. The molecule has 98 valence electrons. The van der Waals surface area contributed by atoms with Crippen LogP contribution in [0, 0.1) is 5.82 Å². The topological polar surface area (TPSA) is 92.3 Å². The fraction of sp³-hybridized carbons (Fsp3) is 0.0833. The highest BCUT2D eigenvalue weighted by Gasteiger charge is 2.17.